The molecule has 0 spiro atoms. The van der Waals surface area contributed by atoms with Gasteiger partial charge in [-0.05, 0) is 12.0 Å². The first-order valence-electron chi connectivity index (χ1n) is 5.48. The highest BCUT2D eigenvalue weighted by molar-refractivity contribution is 5.69. The first kappa shape index (κ1) is 12.7. The molecule has 0 aliphatic carbocycles. The van der Waals surface area contributed by atoms with Crippen molar-refractivity contribution in [3.05, 3.63) is 35.9 Å². The maximum absolute atomic E-state index is 11.1. The van der Waals surface area contributed by atoms with Crippen LogP contribution in [-0.4, -0.2) is 19.2 Å². The summed E-state index contributed by atoms with van der Waals surface area (Å²) in [6.45, 7) is 2.54. The molecule has 1 atom stereocenters. The molecule has 0 bridgehead atoms. The molecule has 1 rings (SSSR count). The monoisotopic (exact) mass is 222 g/mol. The molecular formula is C13H18O3. The van der Waals surface area contributed by atoms with E-state index in [1.54, 1.807) is 0 Å². The van der Waals surface area contributed by atoms with E-state index in [0.717, 1.165) is 12.0 Å². The molecule has 88 valence electrons. The van der Waals surface area contributed by atoms with Crippen LogP contribution in [-0.2, 0) is 20.9 Å². The Bertz CT molecular complexity index is 308. The number of methoxy groups -OCH3 is 1. The van der Waals surface area contributed by atoms with E-state index >= 15 is 0 Å². The summed E-state index contributed by atoms with van der Waals surface area (Å²) in [4.78, 5) is 11.1. The number of benzene rings is 1. The standard InChI is InChI=1S/C13H18O3/c1-3-12(9-13(14)15-2)16-10-11-7-5-4-6-8-11/h4-8,12H,3,9-10H2,1-2H3/t12-/m1/s1. The SMILES string of the molecule is CC[C@H](CC(=O)OC)OCc1ccccc1. The molecule has 3 nitrogen and oxygen atoms in total. The van der Waals surface area contributed by atoms with E-state index in [9.17, 15) is 4.79 Å². The van der Waals surface area contributed by atoms with Crippen LogP contribution in [0, 0.1) is 0 Å². The van der Waals surface area contributed by atoms with Gasteiger partial charge in [-0.2, -0.15) is 0 Å². The van der Waals surface area contributed by atoms with Gasteiger partial charge in [0.1, 0.15) is 0 Å². The Morgan fingerprint density at radius 1 is 1.31 bits per heavy atom. The van der Waals surface area contributed by atoms with Crippen LogP contribution in [0.5, 0.6) is 0 Å². The molecule has 0 saturated carbocycles. The van der Waals surface area contributed by atoms with E-state index < -0.39 is 0 Å². The van der Waals surface area contributed by atoms with Crippen LogP contribution in [0.15, 0.2) is 30.3 Å². The van der Waals surface area contributed by atoms with Gasteiger partial charge in [0.2, 0.25) is 0 Å². The van der Waals surface area contributed by atoms with Gasteiger partial charge in [-0.25, -0.2) is 0 Å². The molecule has 0 radical (unpaired) electrons. The van der Waals surface area contributed by atoms with Crippen LogP contribution in [0.2, 0.25) is 0 Å². The average Bonchev–Trinajstić information content (AvgIpc) is 2.35. The van der Waals surface area contributed by atoms with E-state index in [2.05, 4.69) is 4.74 Å². The lowest BCUT2D eigenvalue weighted by molar-refractivity contribution is -0.144. The number of rotatable bonds is 6. The maximum atomic E-state index is 11.1. The predicted molar refractivity (Wildman–Crippen MR) is 61.9 cm³/mol. The van der Waals surface area contributed by atoms with Crippen molar-refractivity contribution in [2.24, 2.45) is 0 Å². The molecule has 1 aromatic rings. The molecule has 0 fully saturated rings. The number of carbonyl (C=O) groups is 1. The average molecular weight is 222 g/mol. The third-order valence-corrected chi connectivity index (χ3v) is 2.41. The second-order valence-electron chi connectivity index (χ2n) is 3.61. The third kappa shape index (κ3) is 4.45. The van der Waals surface area contributed by atoms with Crippen molar-refractivity contribution in [3.8, 4) is 0 Å². The zero-order valence-corrected chi connectivity index (χ0v) is 9.81. The summed E-state index contributed by atoms with van der Waals surface area (Å²) >= 11 is 0. The fraction of sp³-hybridized carbons (Fsp3) is 0.462. The molecule has 0 aliphatic rings. The van der Waals surface area contributed by atoms with Gasteiger partial charge in [0.25, 0.3) is 0 Å². The fourth-order valence-corrected chi connectivity index (χ4v) is 1.38. The quantitative estimate of drug-likeness (QED) is 0.694. The van der Waals surface area contributed by atoms with Crippen LogP contribution < -0.4 is 0 Å². The van der Waals surface area contributed by atoms with Crippen molar-refractivity contribution in [1.29, 1.82) is 0 Å². The topological polar surface area (TPSA) is 35.5 Å². The molecule has 0 aliphatic heterocycles. The first-order valence-corrected chi connectivity index (χ1v) is 5.48. The zero-order valence-electron chi connectivity index (χ0n) is 9.81. The van der Waals surface area contributed by atoms with Crippen LogP contribution in [0.3, 0.4) is 0 Å². The Kier molecular flexibility index (Phi) is 5.57. The molecule has 3 heteroatoms. The molecule has 1 aromatic carbocycles. The van der Waals surface area contributed by atoms with E-state index in [1.807, 2.05) is 37.3 Å². The Balaban J connectivity index is 2.37. The van der Waals surface area contributed by atoms with Crippen molar-refractivity contribution in [2.45, 2.75) is 32.5 Å². The van der Waals surface area contributed by atoms with Gasteiger partial charge in [-0.15, -0.1) is 0 Å². The van der Waals surface area contributed by atoms with Crippen LogP contribution >= 0.6 is 0 Å². The van der Waals surface area contributed by atoms with Gasteiger partial charge in [-0.1, -0.05) is 37.3 Å². The fourth-order valence-electron chi connectivity index (χ4n) is 1.38. The number of hydrogen-bond donors (Lipinski definition) is 0. The molecule has 0 saturated heterocycles. The van der Waals surface area contributed by atoms with Crippen LogP contribution in [0.4, 0.5) is 0 Å². The van der Waals surface area contributed by atoms with E-state index in [0.29, 0.717) is 13.0 Å². The highest BCUT2D eigenvalue weighted by Crippen LogP contribution is 2.09. The summed E-state index contributed by atoms with van der Waals surface area (Å²) in [5.74, 6) is -0.222. The van der Waals surface area contributed by atoms with Crippen molar-refractivity contribution in [2.75, 3.05) is 7.11 Å². The summed E-state index contributed by atoms with van der Waals surface area (Å²) < 4.78 is 10.3. The Morgan fingerprint density at radius 3 is 2.56 bits per heavy atom. The third-order valence-electron chi connectivity index (χ3n) is 2.41. The van der Waals surface area contributed by atoms with Gasteiger partial charge < -0.3 is 9.47 Å². The van der Waals surface area contributed by atoms with Gasteiger partial charge >= 0.3 is 5.97 Å². The molecular weight excluding hydrogens is 204 g/mol. The lowest BCUT2D eigenvalue weighted by Gasteiger charge is -2.14. The summed E-state index contributed by atoms with van der Waals surface area (Å²) in [7, 11) is 1.40. The minimum atomic E-state index is -0.222. The number of carbonyl (C=O) groups excluding carboxylic acids is 1. The lowest BCUT2D eigenvalue weighted by atomic mass is 10.2. The number of esters is 1. The molecule has 0 aromatic heterocycles. The summed E-state index contributed by atoms with van der Waals surface area (Å²) in [5, 5.41) is 0. The Labute approximate surface area is 96.4 Å². The second kappa shape index (κ2) is 7.01. The summed E-state index contributed by atoms with van der Waals surface area (Å²) in [6.07, 6.45) is 1.06. The minimum Gasteiger partial charge on any atom is -0.469 e. The highest BCUT2D eigenvalue weighted by Gasteiger charge is 2.12. The molecule has 0 unspecified atom stereocenters. The largest absolute Gasteiger partial charge is 0.469 e. The molecule has 0 amide bonds. The lowest BCUT2D eigenvalue weighted by Crippen LogP contribution is -2.17. The first-order chi connectivity index (χ1) is 7.76. The van der Waals surface area contributed by atoms with Crippen LogP contribution in [0.1, 0.15) is 25.3 Å². The minimum absolute atomic E-state index is 0.0624. The predicted octanol–water partition coefficient (Wildman–Crippen LogP) is 2.54. The Morgan fingerprint density at radius 2 is 2.00 bits per heavy atom. The smallest absolute Gasteiger partial charge is 0.308 e. The summed E-state index contributed by atoms with van der Waals surface area (Å²) in [6, 6.07) is 9.92. The second-order valence-corrected chi connectivity index (χ2v) is 3.61. The molecule has 0 heterocycles. The Hall–Kier alpha value is -1.35. The van der Waals surface area contributed by atoms with Crippen molar-refractivity contribution >= 4 is 5.97 Å². The van der Waals surface area contributed by atoms with Gasteiger partial charge in [0.15, 0.2) is 0 Å². The molecule has 16 heavy (non-hydrogen) atoms. The van der Waals surface area contributed by atoms with Gasteiger partial charge in [0, 0.05) is 0 Å². The van der Waals surface area contributed by atoms with E-state index in [-0.39, 0.29) is 12.1 Å². The normalized spacial score (nSPS) is 12.1. The van der Waals surface area contributed by atoms with Crippen molar-refractivity contribution in [1.82, 2.24) is 0 Å². The van der Waals surface area contributed by atoms with E-state index in [1.165, 1.54) is 7.11 Å². The van der Waals surface area contributed by atoms with E-state index in [4.69, 9.17) is 4.74 Å². The zero-order chi connectivity index (χ0) is 11.8. The number of hydrogen-bond acceptors (Lipinski definition) is 3. The number of ether oxygens (including phenoxy) is 2. The van der Waals surface area contributed by atoms with Gasteiger partial charge in [-0.3, -0.25) is 4.79 Å². The maximum Gasteiger partial charge on any atom is 0.308 e. The van der Waals surface area contributed by atoms with Crippen molar-refractivity contribution < 1.29 is 14.3 Å². The van der Waals surface area contributed by atoms with Crippen LogP contribution in [0.25, 0.3) is 0 Å². The van der Waals surface area contributed by atoms with Gasteiger partial charge in [0.05, 0.1) is 26.2 Å². The highest BCUT2D eigenvalue weighted by atomic mass is 16.5. The molecule has 0 N–H and O–H groups in total. The summed E-state index contributed by atoms with van der Waals surface area (Å²) in [5.41, 5.74) is 1.12. The van der Waals surface area contributed by atoms with Crippen molar-refractivity contribution in [3.63, 3.8) is 0 Å².